The van der Waals surface area contributed by atoms with Crippen LogP contribution >= 0.6 is 12.4 Å². The Morgan fingerprint density at radius 1 is 1.05 bits per heavy atom. The zero-order valence-electron chi connectivity index (χ0n) is 11.8. The zero-order valence-corrected chi connectivity index (χ0v) is 13.5. The summed E-state index contributed by atoms with van der Waals surface area (Å²) < 4.78 is 28.4. The molecular formula is C12H26ClN3O2S. The maximum absolute atomic E-state index is 12.5. The van der Waals surface area contributed by atoms with E-state index in [0.29, 0.717) is 38.1 Å². The molecule has 0 aromatic rings. The van der Waals surface area contributed by atoms with Gasteiger partial charge in [-0.05, 0) is 38.6 Å². The Bertz CT molecular complexity index is 369. The topological polar surface area (TPSA) is 52.7 Å². The highest BCUT2D eigenvalue weighted by molar-refractivity contribution is 7.86. The lowest BCUT2D eigenvalue weighted by Gasteiger charge is -2.37. The average Bonchev–Trinajstić information content (AvgIpc) is 2.39. The molecule has 0 radical (unpaired) electrons. The fourth-order valence-corrected chi connectivity index (χ4v) is 4.70. The highest BCUT2D eigenvalue weighted by atomic mass is 35.5. The van der Waals surface area contributed by atoms with Gasteiger partial charge in [0.05, 0.1) is 0 Å². The first-order valence-electron chi connectivity index (χ1n) is 6.96. The van der Waals surface area contributed by atoms with Gasteiger partial charge >= 0.3 is 0 Å². The summed E-state index contributed by atoms with van der Waals surface area (Å²) in [5, 5.41) is 3.23. The van der Waals surface area contributed by atoms with E-state index in [0.717, 1.165) is 25.7 Å². The van der Waals surface area contributed by atoms with Crippen molar-refractivity contribution < 1.29 is 8.42 Å². The summed E-state index contributed by atoms with van der Waals surface area (Å²) in [6, 6.07) is 0.469. The van der Waals surface area contributed by atoms with Crippen molar-refractivity contribution in [3.05, 3.63) is 0 Å². The number of piperidine rings is 2. The molecule has 0 aliphatic carbocycles. The first-order chi connectivity index (χ1) is 8.54. The second-order valence-electron chi connectivity index (χ2n) is 5.58. The summed E-state index contributed by atoms with van der Waals surface area (Å²) >= 11 is 0. The molecule has 7 heteroatoms. The molecule has 0 aromatic carbocycles. The van der Waals surface area contributed by atoms with Crippen LogP contribution in [-0.2, 0) is 10.2 Å². The third kappa shape index (κ3) is 4.04. The normalized spacial score (nSPS) is 28.0. The SMILES string of the molecule is CNC1CCN(S(=O)(=O)N2CCCC(C)C2)CC1.Cl. The molecule has 2 heterocycles. The third-order valence-corrected chi connectivity index (χ3v) is 6.14. The van der Waals surface area contributed by atoms with Crippen molar-refractivity contribution in [2.45, 2.75) is 38.6 Å². The molecule has 0 spiro atoms. The van der Waals surface area contributed by atoms with Gasteiger partial charge < -0.3 is 5.32 Å². The van der Waals surface area contributed by atoms with E-state index in [1.165, 1.54) is 0 Å². The van der Waals surface area contributed by atoms with Crippen LogP contribution in [0.3, 0.4) is 0 Å². The van der Waals surface area contributed by atoms with E-state index in [-0.39, 0.29) is 12.4 Å². The van der Waals surface area contributed by atoms with Crippen LogP contribution in [0.15, 0.2) is 0 Å². The van der Waals surface area contributed by atoms with Gasteiger partial charge in [-0.25, -0.2) is 0 Å². The molecule has 2 aliphatic rings. The minimum Gasteiger partial charge on any atom is -0.317 e. The van der Waals surface area contributed by atoms with Gasteiger partial charge in [0.2, 0.25) is 0 Å². The van der Waals surface area contributed by atoms with E-state index in [4.69, 9.17) is 0 Å². The summed E-state index contributed by atoms with van der Waals surface area (Å²) in [7, 11) is -1.27. The largest absolute Gasteiger partial charge is 0.317 e. The highest BCUT2D eigenvalue weighted by Gasteiger charge is 2.34. The molecule has 5 nitrogen and oxygen atoms in total. The number of hydrogen-bond acceptors (Lipinski definition) is 3. The van der Waals surface area contributed by atoms with E-state index in [1.54, 1.807) is 8.61 Å². The van der Waals surface area contributed by atoms with E-state index in [1.807, 2.05) is 7.05 Å². The summed E-state index contributed by atoms with van der Waals surface area (Å²) in [6.45, 7) is 4.82. The van der Waals surface area contributed by atoms with Crippen molar-refractivity contribution in [1.29, 1.82) is 0 Å². The molecule has 0 amide bonds. The Balaban J connectivity index is 0.00000180. The average molecular weight is 312 g/mol. The first-order valence-corrected chi connectivity index (χ1v) is 8.36. The first kappa shape index (κ1) is 17.2. The van der Waals surface area contributed by atoms with Crippen LogP contribution in [0.25, 0.3) is 0 Å². The number of halogens is 1. The van der Waals surface area contributed by atoms with Gasteiger partial charge in [-0.2, -0.15) is 17.0 Å². The van der Waals surface area contributed by atoms with E-state index < -0.39 is 10.2 Å². The second-order valence-corrected chi connectivity index (χ2v) is 7.50. The Hall–Kier alpha value is 0.120. The maximum Gasteiger partial charge on any atom is 0.281 e. The van der Waals surface area contributed by atoms with Crippen molar-refractivity contribution in [3.8, 4) is 0 Å². The van der Waals surface area contributed by atoms with Gasteiger partial charge in [0, 0.05) is 32.2 Å². The zero-order chi connectivity index (χ0) is 13.2. The molecule has 0 saturated carbocycles. The fraction of sp³-hybridized carbons (Fsp3) is 1.00. The number of hydrogen-bond donors (Lipinski definition) is 1. The molecule has 1 N–H and O–H groups in total. The predicted octanol–water partition coefficient (Wildman–Crippen LogP) is 1.07. The van der Waals surface area contributed by atoms with E-state index >= 15 is 0 Å². The van der Waals surface area contributed by atoms with Gasteiger partial charge in [0.15, 0.2) is 0 Å². The number of nitrogens with one attached hydrogen (secondary N) is 1. The predicted molar refractivity (Wildman–Crippen MR) is 79.8 cm³/mol. The molecule has 0 bridgehead atoms. The minimum absolute atomic E-state index is 0. The van der Waals surface area contributed by atoms with Crippen LogP contribution in [-0.4, -0.2) is 56.3 Å². The van der Waals surface area contributed by atoms with Crippen LogP contribution in [0.1, 0.15) is 32.6 Å². The molecule has 0 aromatic heterocycles. The van der Waals surface area contributed by atoms with Crippen LogP contribution < -0.4 is 5.32 Å². The van der Waals surface area contributed by atoms with E-state index in [9.17, 15) is 8.42 Å². The fourth-order valence-electron chi connectivity index (χ4n) is 2.89. The van der Waals surface area contributed by atoms with Crippen LogP contribution in [0, 0.1) is 5.92 Å². The molecule has 1 unspecified atom stereocenters. The smallest absolute Gasteiger partial charge is 0.281 e. The summed E-state index contributed by atoms with van der Waals surface area (Å²) in [5.74, 6) is 0.489. The molecular weight excluding hydrogens is 286 g/mol. The molecule has 114 valence electrons. The summed E-state index contributed by atoms with van der Waals surface area (Å²) in [4.78, 5) is 0. The van der Waals surface area contributed by atoms with Crippen molar-refractivity contribution in [2.75, 3.05) is 33.2 Å². The van der Waals surface area contributed by atoms with Crippen LogP contribution in [0.5, 0.6) is 0 Å². The monoisotopic (exact) mass is 311 g/mol. The van der Waals surface area contributed by atoms with Crippen molar-refractivity contribution >= 4 is 22.6 Å². The highest BCUT2D eigenvalue weighted by Crippen LogP contribution is 2.22. The van der Waals surface area contributed by atoms with Gasteiger partial charge in [-0.3, -0.25) is 0 Å². The summed E-state index contributed by atoms with van der Waals surface area (Å²) in [5.41, 5.74) is 0. The van der Waals surface area contributed by atoms with Crippen LogP contribution in [0.4, 0.5) is 0 Å². The Morgan fingerprint density at radius 2 is 1.68 bits per heavy atom. The van der Waals surface area contributed by atoms with Gasteiger partial charge in [0.1, 0.15) is 0 Å². The molecule has 2 saturated heterocycles. The standard InChI is InChI=1S/C12H25N3O2S.ClH/c1-11-4-3-7-15(10-11)18(16,17)14-8-5-12(13-2)6-9-14;/h11-13H,3-10H2,1-2H3;1H. The van der Waals surface area contributed by atoms with Crippen molar-refractivity contribution in [1.82, 2.24) is 13.9 Å². The Labute approximate surface area is 123 Å². The lowest BCUT2D eigenvalue weighted by atomic mass is 10.0. The summed E-state index contributed by atoms with van der Waals surface area (Å²) in [6.07, 6.45) is 3.97. The van der Waals surface area contributed by atoms with Gasteiger partial charge in [0.25, 0.3) is 10.2 Å². The molecule has 19 heavy (non-hydrogen) atoms. The second kappa shape index (κ2) is 7.22. The van der Waals surface area contributed by atoms with Crippen molar-refractivity contribution in [2.24, 2.45) is 5.92 Å². The lowest BCUT2D eigenvalue weighted by molar-refractivity contribution is 0.237. The number of rotatable bonds is 3. The van der Waals surface area contributed by atoms with E-state index in [2.05, 4.69) is 12.2 Å². The molecule has 1 atom stereocenters. The third-order valence-electron chi connectivity index (χ3n) is 4.13. The molecule has 2 rings (SSSR count). The molecule has 2 fully saturated rings. The van der Waals surface area contributed by atoms with Crippen molar-refractivity contribution in [3.63, 3.8) is 0 Å². The van der Waals surface area contributed by atoms with Gasteiger partial charge in [-0.15, -0.1) is 12.4 Å². The quantitative estimate of drug-likeness (QED) is 0.848. The molecule has 2 aliphatic heterocycles. The minimum atomic E-state index is -3.21. The maximum atomic E-state index is 12.5. The lowest BCUT2D eigenvalue weighted by Crippen LogP contribution is -2.51. The van der Waals surface area contributed by atoms with Gasteiger partial charge in [-0.1, -0.05) is 6.92 Å². The Kier molecular flexibility index (Phi) is 6.53. The number of nitrogens with zero attached hydrogens (tertiary/aromatic N) is 2. The van der Waals surface area contributed by atoms with Crippen LogP contribution in [0.2, 0.25) is 0 Å². The Morgan fingerprint density at radius 3 is 2.21 bits per heavy atom.